The Kier molecular flexibility index (Phi) is 5.49. The fourth-order valence-electron chi connectivity index (χ4n) is 3.25. The summed E-state index contributed by atoms with van der Waals surface area (Å²) in [6.07, 6.45) is 0. The van der Waals surface area contributed by atoms with E-state index in [1.165, 1.54) is 11.8 Å². The molecular formula is C18H23N5O3S. The van der Waals surface area contributed by atoms with Gasteiger partial charge in [-0.25, -0.2) is 0 Å². The number of hydrogen-bond donors (Lipinski definition) is 0. The van der Waals surface area contributed by atoms with E-state index >= 15 is 0 Å². The topological polar surface area (TPSA) is 72.7 Å². The number of amides is 1. The molecule has 3 heterocycles. The lowest BCUT2D eigenvalue weighted by atomic mass is 10.3. The summed E-state index contributed by atoms with van der Waals surface area (Å²) in [5.41, 5.74) is 1.06. The fourth-order valence-corrected chi connectivity index (χ4v) is 4.11. The van der Waals surface area contributed by atoms with Crippen LogP contribution in [0.15, 0.2) is 29.4 Å². The van der Waals surface area contributed by atoms with E-state index in [-0.39, 0.29) is 5.91 Å². The molecule has 1 amide bonds. The molecule has 144 valence electrons. The molecule has 2 aliphatic rings. The van der Waals surface area contributed by atoms with Crippen molar-refractivity contribution in [3.63, 3.8) is 0 Å². The molecule has 8 nitrogen and oxygen atoms in total. The molecule has 2 aromatic rings. The van der Waals surface area contributed by atoms with Gasteiger partial charge in [0.25, 0.3) is 0 Å². The van der Waals surface area contributed by atoms with Crippen LogP contribution < -0.4 is 9.64 Å². The lowest BCUT2D eigenvalue weighted by Crippen LogP contribution is -2.41. The predicted octanol–water partition coefficient (Wildman–Crippen LogP) is 1.78. The lowest BCUT2D eigenvalue weighted by molar-refractivity contribution is -0.132. The van der Waals surface area contributed by atoms with Crippen LogP contribution in [0.3, 0.4) is 0 Å². The number of carbonyl (C=O) groups is 1. The third-order valence-electron chi connectivity index (χ3n) is 4.63. The molecule has 9 heteroatoms. The second-order valence-corrected chi connectivity index (χ2v) is 7.24. The Bertz CT molecular complexity index is 789. The smallest absolute Gasteiger partial charge is 0.233 e. The quantitative estimate of drug-likeness (QED) is 0.697. The zero-order valence-electron chi connectivity index (χ0n) is 15.3. The highest BCUT2D eigenvalue weighted by molar-refractivity contribution is 7.99. The van der Waals surface area contributed by atoms with Crippen molar-refractivity contribution in [2.75, 3.05) is 50.1 Å². The Labute approximate surface area is 162 Å². The van der Waals surface area contributed by atoms with Crippen molar-refractivity contribution in [1.82, 2.24) is 19.7 Å². The van der Waals surface area contributed by atoms with Gasteiger partial charge in [-0.3, -0.25) is 9.36 Å². The highest BCUT2D eigenvalue weighted by Gasteiger charge is 2.27. The molecule has 1 aromatic heterocycles. The summed E-state index contributed by atoms with van der Waals surface area (Å²) < 4.78 is 12.9. The molecule has 0 bridgehead atoms. The van der Waals surface area contributed by atoms with Crippen molar-refractivity contribution in [3.05, 3.63) is 24.3 Å². The molecule has 1 saturated heterocycles. The van der Waals surface area contributed by atoms with Gasteiger partial charge in [0.05, 0.1) is 25.6 Å². The Morgan fingerprint density at radius 2 is 1.93 bits per heavy atom. The molecule has 0 atom stereocenters. The second kappa shape index (κ2) is 8.18. The van der Waals surface area contributed by atoms with Crippen LogP contribution in [0.5, 0.6) is 5.75 Å². The summed E-state index contributed by atoms with van der Waals surface area (Å²) in [7, 11) is 0. The van der Waals surface area contributed by atoms with Gasteiger partial charge in [0.15, 0.2) is 5.16 Å². The van der Waals surface area contributed by atoms with E-state index < -0.39 is 0 Å². The average molecular weight is 389 g/mol. The second-order valence-electron chi connectivity index (χ2n) is 6.29. The number of ether oxygens (including phenoxy) is 2. The molecule has 2 aliphatic heterocycles. The highest BCUT2D eigenvalue weighted by Crippen LogP contribution is 2.32. The van der Waals surface area contributed by atoms with Gasteiger partial charge in [-0.05, 0) is 31.2 Å². The number of aromatic nitrogens is 3. The average Bonchev–Trinajstić information content (AvgIpc) is 3.30. The first-order chi connectivity index (χ1) is 13.3. The predicted molar refractivity (Wildman–Crippen MR) is 103 cm³/mol. The van der Waals surface area contributed by atoms with Gasteiger partial charge in [-0.2, -0.15) is 0 Å². The molecule has 0 unspecified atom stereocenters. The number of thioether (sulfide) groups is 1. The van der Waals surface area contributed by atoms with Crippen molar-refractivity contribution in [2.24, 2.45) is 0 Å². The molecule has 0 N–H and O–H groups in total. The van der Waals surface area contributed by atoms with Crippen molar-refractivity contribution < 1.29 is 14.3 Å². The molecule has 1 aromatic carbocycles. The van der Waals surface area contributed by atoms with Gasteiger partial charge >= 0.3 is 0 Å². The van der Waals surface area contributed by atoms with Gasteiger partial charge in [-0.15, -0.1) is 10.2 Å². The summed E-state index contributed by atoms with van der Waals surface area (Å²) in [6.45, 7) is 6.85. The van der Waals surface area contributed by atoms with Gasteiger partial charge in [0, 0.05) is 31.9 Å². The third-order valence-corrected chi connectivity index (χ3v) is 5.59. The van der Waals surface area contributed by atoms with E-state index in [4.69, 9.17) is 9.47 Å². The maximum atomic E-state index is 12.3. The van der Waals surface area contributed by atoms with Crippen molar-refractivity contribution in [1.29, 1.82) is 0 Å². The molecule has 0 aliphatic carbocycles. The van der Waals surface area contributed by atoms with E-state index in [0.717, 1.165) is 35.6 Å². The molecule has 0 spiro atoms. The van der Waals surface area contributed by atoms with Crippen LogP contribution in [0, 0.1) is 0 Å². The molecule has 0 radical (unpaired) electrons. The number of nitrogens with zero attached hydrogens (tertiary/aromatic N) is 5. The Morgan fingerprint density at radius 3 is 2.67 bits per heavy atom. The molecule has 27 heavy (non-hydrogen) atoms. The zero-order chi connectivity index (χ0) is 18.6. The number of carbonyl (C=O) groups excluding carboxylic acids is 1. The van der Waals surface area contributed by atoms with Gasteiger partial charge in [-0.1, -0.05) is 11.8 Å². The lowest BCUT2D eigenvalue weighted by Gasteiger charge is -2.26. The summed E-state index contributed by atoms with van der Waals surface area (Å²) in [5, 5.41) is 9.43. The van der Waals surface area contributed by atoms with Crippen LogP contribution in [0.4, 0.5) is 11.6 Å². The Morgan fingerprint density at radius 1 is 1.15 bits per heavy atom. The third kappa shape index (κ3) is 3.89. The van der Waals surface area contributed by atoms with E-state index in [9.17, 15) is 4.79 Å². The largest absolute Gasteiger partial charge is 0.494 e. The Hall–Kier alpha value is -2.26. The number of fused-ring (bicyclic) bond motifs is 1. The summed E-state index contributed by atoms with van der Waals surface area (Å²) in [6, 6.07) is 8.00. The summed E-state index contributed by atoms with van der Waals surface area (Å²) >= 11 is 1.45. The standard InChI is InChI=1S/C18H23N5O3S/c1-2-26-15-5-3-14(4-6-15)22-7-8-23-17(22)19-20-18(23)27-13-16(24)21-9-11-25-12-10-21/h3-6H,2,7-13H2,1H3. The van der Waals surface area contributed by atoms with E-state index in [2.05, 4.69) is 19.7 Å². The number of benzene rings is 1. The summed E-state index contributed by atoms with van der Waals surface area (Å²) in [5.74, 6) is 2.18. The van der Waals surface area contributed by atoms with Crippen molar-refractivity contribution in [2.45, 2.75) is 18.6 Å². The van der Waals surface area contributed by atoms with Crippen LogP contribution in [0.1, 0.15) is 6.92 Å². The number of hydrogen-bond acceptors (Lipinski definition) is 7. The molecule has 4 rings (SSSR count). The number of rotatable bonds is 6. The maximum absolute atomic E-state index is 12.3. The minimum atomic E-state index is 0.127. The minimum Gasteiger partial charge on any atom is -0.494 e. The SMILES string of the molecule is CCOc1ccc(N2CCn3c(SCC(=O)N4CCOCC4)nnc32)cc1. The van der Waals surface area contributed by atoms with E-state index in [0.29, 0.717) is 38.7 Å². The van der Waals surface area contributed by atoms with Gasteiger partial charge in [0.2, 0.25) is 11.9 Å². The minimum absolute atomic E-state index is 0.127. The number of morpholine rings is 1. The fraction of sp³-hybridized carbons (Fsp3) is 0.500. The highest BCUT2D eigenvalue weighted by atomic mass is 32.2. The van der Waals surface area contributed by atoms with Crippen LogP contribution in [0.2, 0.25) is 0 Å². The van der Waals surface area contributed by atoms with Gasteiger partial charge < -0.3 is 19.3 Å². The molecule has 1 fully saturated rings. The van der Waals surface area contributed by atoms with Crippen LogP contribution in [0.25, 0.3) is 0 Å². The summed E-state index contributed by atoms with van der Waals surface area (Å²) in [4.78, 5) is 16.3. The van der Waals surface area contributed by atoms with Crippen molar-refractivity contribution in [3.8, 4) is 5.75 Å². The van der Waals surface area contributed by atoms with Crippen molar-refractivity contribution >= 4 is 29.3 Å². The van der Waals surface area contributed by atoms with Crippen LogP contribution >= 0.6 is 11.8 Å². The van der Waals surface area contributed by atoms with E-state index in [1.54, 1.807) is 0 Å². The van der Waals surface area contributed by atoms with E-state index in [1.807, 2.05) is 36.1 Å². The molecular weight excluding hydrogens is 366 g/mol. The zero-order valence-corrected chi connectivity index (χ0v) is 16.2. The van der Waals surface area contributed by atoms with Gasteiger partial charge in [0.1, 0.15) is 5.75 Å². The monoisotopic (exact) mass is 389 g/mol. The molecule has 0 saturated carbocycles. The normalized spacial score (nSPS) is 16.5. The first-order valence-corrected chi connectivity index (χ1v) is 10.2. The maximum Gasteiger partial charge on any atom is 0.233 e. The number of anilines is 2. The first-order valence-electron chi connectivity index (χ1n) is 9.18. The van der Waals surface area contributed by atoms with Crippen LogP contribution in [-0.2, 0) is 16.1 Å². The Balaban J connectivity index is 1.40. The first kappa shape index (κ1) is 18.1. The van der Waals surface area contributed by atoms with Crippen LogP contribution in [-0.4, -0.2) is 70.8 Å².